The van der Waals surface area contributed by atoms with Crippen LogP contribution in [-0.2, 0) is 11.3 Å². The number of halogens is 2. The average Bonchev–Trinajstić information content (AvgIpc) is 3.20. The molecule has 3 aromatic rings. The van der Waals surface area contributed by atoms with Crippen molar-refractivity contribution in [3.05, 3.63) is 70.8 Å². The van der Waals surface area contributed by atoms with Gasteiger partial charge in [-0.2, -0.15) is 0 Å². The van der Waals surface area contributed by atoms with E-state index in [0.717, 1.165) is 50.4 Å². The van der Waals surface area contributed by atoms with Crippen molar-refractivity contribution in [2.75, 3.05) is 24.5 Å². The molecule has 0 bridgehead atoms. The molecule has 2 N–H and O–H groups in total. The molecule has 0 saturated carbocycles. The molecule has 5 heterocycles. The summed E-state index contributed by atoms with van der Waals surface area (Å²) in [5, 5.41) is 5.18. The van der Waals surface area contributed by atoms with Gasteiger partial charge in [0.1, 0.15) is 5.82 Å². The highest BCUT2D eigenvalue weighted by atomic mass is 32.2. The van der Waals surface area contributed by atoms with E-state index in [1.54, 1.807) is 18.3 Å². The summed E-state index contributed by atoms with van der Waals surface area (Å²) in [7, 11) is 0. The van der Waals surface area contributed by atoms with E-state index >= 15 is 0 Å². The molecule has 3 aromatic heterocycles. The number of aromatic nitrogens is 4. The van der Waals surface area contributed by atoms with Gasteiger partial charge >= 0.3 is 0 Å². The second kappa shape index (κ2) is 11.1. The van der Waals surface area contributed by atoms with Crippen molar-refractivity contribution in [2.24, 2.45) is 5.92 Å². The molecule has 0 unspecified atom stereocenters. The first-order valence-corrected chi connectivity index (χ1v) is 12.6. The Balaban J connectivity index is 1.14. The number of piperidine rings is 1. The third-order valence-electron chi connectivity index (χ3n) is 6.11. The molecule has 2 aliphatic heterocycles. The van der Waals surface area contributed by atoms with Crippen LogP contribution in [0, 0.1) is 17.6 Å². The standard InChI is InChI=1S/C25H23F2N7O2S/c26-16-9-18(31-21(10-16)19-2-5-28-14-20(19)27)13-29-12-15-3-7-34(8-4-15)24-30-6-1-17(32-24)11-22-23(35)33-25(36)37-22/h1-2,5-6,9-11,14-15,29H,3-4,7-8,12-13H2,(H,33,35,36)/b22-11-. The predicted octanol–water partition coefficient (Wildman–Crippen LogP) is 3.54. The quantitative estimate of drug-likeness (QED) is 0.449. The number of nitrogens with zero attached hydrogens (tertiary/aromatic N) is 5. The number of imide groups is 1. The molecule has 2 saturated heterocycles. The van der Waals surface area contributed by atoms with Crippen molar-refractivity contribution in [2.45, 2.75) is 19.4 Å². The highest BCUT2D eigenvalue weighted by Gasteiger charge is 2.26. The van der Waals surface area contributed by atoms with Crippen LogP contribution >= 0.6 is 11.8 Å². The lowest BCUT2D eigenvalue weighted by atomic mass is 9.97. The zero-order chi connectivity index (χ0) is 25.8. The van der Waals surface area contributed by atoms with Gasteiger partial charge in [0.05, 0.1) is 28.2 Å². The molecule has 2 fully saturated rings. The number of carbonyl (C=O) groups excluding carboxylic acids is 2. The van der Waals surface area contributed by atoms with Gasteiger partial charge in [-0.05, 0) is 61.3 Å². The molecule has 12 heteroatoms. The van der Waals surface area contributed by atoms with Crippen molar-refractivity contribution in [3.63, 3.8) is 0 Å². The molecule has 2 amide bonds. The van der Waals surface area contributed by atoms with Gasteiger partial charge < -0.3 is 10.2 Å². The van der Waals surface area contributed by atoms with E-state index in [0.29, 0.717) is 34.7 Å². The lowest BCUT2D eigenvalue weighted by molar-refractivity contribution is -0.115. The summed E-state index contributed by atoms with van der Waals surface area (Å²) in [5.41, 5.74) is 1.51. The maximum absolute atomic E-state index is 14.1. The highest BCUT2D eigenvalue weighted by Crippen LogP contribution is 2.26. The monoisotopic (exact) mass is 523 g/mol. The molecule has 9 nitrogen and oxygen atoms in total. The van der Waals surface area contributed by atoms with E-state index in [1.807, 2.05) is 0 Å². The molecule has 37 heavy (non-hydrogen) atoms. The van der Waals surface area contributed by atoms with Crippen molar-refractivity contribution < 1.29 is 18.4 Å². The van der Waals surface area contributed by atoms with Crippen molar-refractivity contribution in [1.82, 2.24) is 30.6 Å². The van der Waals surface area contributed by atoms with Crippen LogP contribution in [-0.4, -0.2) is 50.7 Å². The predicted molar refractivity (Wildman–Crippen MR) is 135 cm³/mol. The average molecular weight is 524 g/mol. The van der Waals surface area contributed by atoms with E-state index in [-0.39, 0.29) is 11.3 Å². The van der Waals surface area contributed by atoms with E-state index in [4.69, 9.17) is 0 Å². The Morgan fingerprint density at radius 2 is 1.97 bits per heavy atom. The van der Waals surface area contributed by atoms with Crippen LogP contribution in [0.2, 0.25) is 0 Å². The van der Waals surface area contributed by atoms with E-state index in [9.17, 15) is 18.4 Å². The van der Waals surface area contributed by atoms with E-state index in [2.05, 4.69) is 35.5 Å². The van der Waals surface area contributed by atoms with Crippen LogP contribution in [0.4, 0.5) is 19.5 Å². The Bertz CT molecular complexity index is 1360. The lowest BCUT2D eigenvalue weighted by Gasteiger charge is -2.32. The molecule has 0 radical (unpaired) electrons. The summed E-state index contributed by atoms with van der Waals surface area (Å²) >= 11 is 0.853. The summed E-state index contributed by atoms with van der Waals surface area (Å²) in [6, 6.07) is 5.73. The number of anilines is 1. The Morgan fingerprint density at radius 3 is 2.73 bits per heavy atom. The van der Waals surface area contributed by atoms with Crippen molar-refractivity contribution in [1.29, 1.82) is 0 Å². The topological polar surface area (TPSA) is 113 Å². The molecule has 0 aliphatic carbocycles. The Morgan fingerprint density at radius 1 is 1.14 bits per heavy atom. The first-order chi connectivity index (χ1) is 17.9. The Labute approximate surface area is 215 Å². The number of hydrogen-bond acceptors (Lipinski definition) is 9. The zero-order valence-corrected chi connectivity index (χ0v) is 20.5. The third-order valence-corrected chi connectivity index (χ3v) is 6.92. The number of nitrogens with one attached hydrogen (secondary N) is 2. The van der Waals surface area contributed by atoms with Crippen molar-refractivity contribution in [3.8, 4) is 11.3 Å². The largest absolute Gasteiger partial charge is 0.341 e. The summed E-state index contributed by atoms with van der Waals surface area (Å²) < 4.78 is 28.2. The number of rotatable bonds is 7. The first kappa shape index (κ1) is 24.9. The fourth-order valence-corrected chi connectivity index (χ4v) is 4.92. The number of pyridine rings is 2. The first-order valence-electron chi connectivity index (χ1n) is 11.7. The fourth-order valence-electron chi connectivity index (χ4n) is 4.25. The Hall–Kier alpha value is -3.77. The summed E-state index contributed by atoms with van der Waals surface area (Å²) in [5.74, 6) is -0.441. The van der Waals surface area contributed by atoms with Gasteiger partial charge in [0.15, 0.2) is 5.82 Å². The van der Waals surface area contributed by atoms with Crippen LogP contribution < -0.4 is 15.5 Å². The van der Waals surface area contributed by atoms with Gasteiger partial charge in [0.25, 0.3) is 11.1 Å². The highest BCUT2D eigenvalue weighted by molar-refractivity contribution is 8.18. The number of amides is 2. The molecule has 0 atom stereocenters. The van der Waals surface area contributed by atoms with E-state index in [1.165, 1.54) is 24.4 Å². The van der Waals surface area contributed by atoms with Gasteiger partial charge in [-0.15, -0.1) is 0 Å². The minimum Gasteiger partial charge on any atom is -0.341 e. The summed E-state index contributed by atoms with van der Waals surface area (Å²) in [4.78, 5) is 42.6. The smallest absolute Gasteiger partial charge is 0.290 e. The lowest BCUT2D eigenvalue weighted by Crippen LogP contribution is -2.38. The number of carbonyl (C=O) groups is 2. The minimum absolute atomic E-state index is 0.212. The fraction of sp³-hybridized carbons (Fsp3) is 0.280. The maximum Gasteiger partial charge on any atom is 0.290 e. The van der Waals surface area contributed by atoms with E-state index < -0.39 is 22.8 Å². The molecular formula is C25H23F2N7O2S. The number of thioether (sulfide) groups is 1. The van der Waals surface area contributed by atoms with Crippen LogP contribution in [0.1, 0.15) is 24.2 Å². The summed E-state index contributed by atoms with van der Waals surface area (Å²) in [6.07, 6.45) is 7.58. The molecule has 0 spiro atoms. The zero-order valence-electron chi connectivity index (χ0n) is 19.7. The molecule has 2 aliphatic rings. The maximum atomic E-state index is 14.1. The second-order valence-electron chi connectivity index (χ2n) is 8.71. The molecular weight excluding hydrogens is 500 g/mol. The second-order valence-corrected chi connectivity index (χ2v) is 9.73. The van der Waals surface area contributed by atoms with Crippen molar-refractivity contribution >= 4 is 34.9 Å². The van der Waals surface area contributed by atoms with Crippen LogP contribution in [0.25, 0.3) is 17.3 Å². The van der Waals surface area contributed by atoms with Gasteiger partial charge in [-0.25, -0.2) is 18.7 Å². The number of hydrogen-bond donors (Lipinski definition) is 2. The summed E-state index contributed by atoms with van der Waals surface area (Å²) in [6.45, 7) is 2.64. The van der Waals surface area contributed by atoms with Crippen LogP contribution in [0.15, 0.2) is 47.8 Å². The van der Waals surface area contributed by atoms with Gasteiger partial charge in [0.2, 0.25) is 5.95 Å². The Kier molecular flexibility index (Phi) is 7.47. The third kappa shape index (κ3) is 6.15. The normalized spacial score (nSPS) is 17.5. The van der Waals surface area contributed by atoms with Crippen LogP contribution in [0.5, 0.6) is 0 Å². The van der Waals surface area contributed by atoms with Gasteiger partial charge in [0, 0.05) is 43.7 Å². The molecule has 0 aromatic carbocycles. The minimum atomic E-state index is -0.546. The molecule has 190 valence electrons. The molecule has 5 rings (SSSR count). The SMILES string of the molecule is O=C1NC(=O)/C(=C/c2ccnc(N3CCC(CNCc4cc(F)cc(-c5ccncc5F)n4)CC3)n2)S1. The van der Waals surface area contributed by atoms with Gasteiger partial charge in [-0.3, -0.25) is 24.9 Å². The van der Waals surface area contributed by atoms with Gasteiger partial charge in [-0.1, -0.05) is 0 Å². The van der Waals surface area contributed by atoms with Crippen LogP contribution in [0.3, 0.4) is 0 Å².